The summed E-state index contributed by atoms with van der Waals surface area (Å²) in [7, 11) is 1.32. The lowest BCUT2D eigenvalue weighted by Crippen LogP contribution is -2.33. The van der Waals surface area contributed by atoms with Gasteiger partial charge >= 0.3 is 5.97 Å². The Morgan fingerprint density at radius 1 is 1.86 bits per heavy atom. The highest BCUT2D eigenvalue weighted by Crippen LogP contribution is 2.11. The number of aromatic nitrogens is 1. The summed E-state index contributed by atoms with van der Waals surface area (Å²) < 4.78 is 9.36. The topological polar surface area (TPSA) is 78.4 Å². The van der Waals surface area contributed by atoms with Crippen molar-refractivity contribution < 1.29 is 14.1 Å². The molecule has 5 nitrogen and oxygen atoms in total. The number of thioether (sulfide) groups is 1. The molecule has 1 unspecified atom stereocenters. The van der Waals surface area contributed by atoms with Crippen LogP contribution in [0, 0.1) is 0 Å². The van der Waals surface area contributed by atoms with Crippen molar-refractivity contribution in [2.45, 2.75) is 11.8 Å². The molecule has 1 aromatic rings. The minimum Gasteiger partial charge on any atom is -0.468 e. The van der Waals surface area contributed by atoms with E-state index < -0.39 is 12.0 Å². The molecule has 78 valence electrons. The van der Waals surface area contributed by atoms with Crippen molar-refractivity contribution in [1.82, 2.24) is 5.16 Å². The number of carbonyl (C=O) groups is 1. The summed E-state index contributed by atoms with van der Waals surface area (Å²) in [5.74, 6) is 1.54. The summed E-state index contributed by atoms with van der Waals surface area (Å²) in [5, 5.41) is 3.56. The average Bonchev–Trinajstić information content (AvgIpc) is 2.69. The van der Waals surface area contributed by atoms with Gasteiger partial charge in [-0.15, -0.1) is 0 Å². The molecule has 0 spiro atoms. The highest BCUT2D eigenvalue weighted by atomic mass is 32.2. The minimum atomic E-state index is -0.576. The Bertz CT molecular complexity index is 276. The predicted molar refractivity (Wildman–Crippen MR) is 52.7 cm³/mol. The molecule has 0 bridgehead atoms. The van der Waals surface area contributed by atoms with E-state index in [-0.39, 0.29) is 0 Å². The zero-order valence-electron chi connectivity index (χ0n) is 7.80. The van der Waals surface area contributed by atoms with Crippen LogP contribution in [0.1, 0.15) is 5.76 Å². The highest BCUT2D eigenvalue weighted by Gasteiger charge is 2.13. The van der Waals surface area contributed by atoms with Crippen LogP contribution in [0.15, 0.2) is 16.8 Å². The molecule has 0 aliphatic rings. The monoisotopic (exact) mass is 216 g/mol. The van der Waals surface area contributed by atoms with Crippen molar-refractivity contribution in [2.75, 3.05) is 12.9 Å². The van der Waals surface area contributed by atoms with E-state index in [9.17, 15) is 4.79 Å². The van der Waals surface area contributed by atoms with E-state index in [1.54, 1.807) is 12.3 Å². The molecule has 14 heavy (non-hydrogen) atoms. The van der Waals surface area contributed by atoms with Gasteiger partial charge in [0.25, 0.3) is 0 Å². The van der Waals surface area contributed by atoms with E-state index in [0.29, 0.717) is 11.5 Å². The first-order chi connectivity index (χ1) is 6.74. The third kappa shape index (κ3) is 3.39. The number of carbonyl (C=O) groups excluding carboxylic acids is 1. The largest absolute Gasteiger partial charge is 0.468 e. The van der Waals surface area contributed by atoms with Crippen LogP contribution in [0.2, 0.25) is 0 Å². The second-order valence-corrected chi connectivity index (χ2v) is 3.65. The van der Waals surface area contributed by atoms with Gasteiger partial charge < -0.3 is 15.0 Å². The second-order valence-electron chi connectivity index (χ2n) is 2.62. The second kappa shape index (κ2) is 5.66. The zero-order chi connectivity index (χ0) is 10.4. The summed E-state index contributed by atoms with van der Waals surface area (Å²) in [5.41, 5.74) is 5.53. The van der Waals surface area contributed by atoms with E-state index in [1.165, 1.54) is 18.9 Å². The normalized spacial score (nSPS) is 12.4. The summed E-state index contributed by atoms with van der Waals surface area (Å²) >= 11 is 1.50. The molecule has 0 radical (unpaired) electrons. The number of methoxy groups -OCH3 is 1. The fourth-order valence-corrected chi connectivity index (χ4v) is 1.68. The number of rotatable bonds is 5. The van der Waals surface area contributed by atoms with Crippen LogP contribution in [0.4, 0.5) is 0 Å². The van der Waals surface area contributed by atoms with Crippen LogP contribution < -0.4 is 5.73 Å². The van der Waals surface area contributed by atoms with Crippen molar-refractivity contribution in [3.63, 3.8) is 0 Å². The molecule has 0 aliphatic carbocycles. The highest BCUT2D eigenvalue weighted by molar-refractivity contribution is 7.98. The Morgan fingerprint density at radius 2 is 2.64 bits per heavy atom. The van der Waals surface area contributed by atoms with Crippen LogP contribution in [-0.4, -0.2) is 30.0 Å². The standard InChI is InChI=1S/C8H12N2O3S/c1-12-8(11)7(9)5-14-4-6-2-3-10-13-6/h2-3,7H,4-5,9H2,1H3. The molecule has 2 N–H and O–H groups in total. The first kappa shape index (κ1) is 11.1. The predicted octanol–water partition coefficient (Wildman–Crippen LogP) is 0.408. The number of nitrogens with two attached hydrogens (primary N) is 1. The Balaban J connectivity index is 2.18. The first-order valence-corrected chi connectivity index (χ1v) is 5.20. The molecule has 0 fully saturated rings. The van der Waals surface area contributed by atoms with Crippen molar-refractivity contribution in [1.29, 1.82) is 0 Å². The quantitative estimate of drug-likeness (QED) is 0.718. The molecule has 0 saturated heterocycles. The van der Waals surface area contributed by atoms with Gasteiger partial charge in [-0.25, -0.2) is 0 Å². The number of esters is 1. The van der Waals surface area contributed by atoms with Gasteiger partial charge in [-0.2, -0.15) is 11.8 Å². The van der Waals surface area contributed by atoms with Crippen LogP contribution in [0.3, 0.4) is 0 Å². The van der Waals surface area contributed by atoms with Crippen molar-refractivity contribution in [2.24, 2.45) is 5.73 Å². The number of hydrogen-bond acceptors (Lipinski definition) is 6. The Kier molecular flexibility index (Phi) is 4.48. The number of ether oxygens (including phenoxy) is 1. The van der Waals surface area contributed by atoms with Gasteiger partial charge in [-0.1, -0.05) is 5.16 Å². The maximum absolute atomic E-state index is 10.9. The van der Waals surface area contributed by atoms with Gasteiger partial charge in [0.2, 0.25) is 0 Å². The smallest absolute Gasteiger partial charge is 0.323 e. The average molecular weight is 216 g/mol. The van der Waals surface area contributed by atoms with Gasteiger partial charge in [0.05, 0.1) is 19.1 Å². The lowest BCUT2D eigenvalue weighted by molar-refractivity contribution is -0.141. The molecule has 6 heteroatoms. The van der Waals surface area contributed by atoms with Gasteiger partial charge in [0, 0.05) is 11.8 Å². The van der Waals surface area contributed by atoms with E-state index in [1.807, 2.05) is 0 Å². The molecule has 1 heterocycles. The Hall–Kier alpha value is -1.01. The van der Waals surface area contributed by atoms with Crippen molar-refractivity contribution >= 4 is 17.7 Å². The van der Waals surface area contributed by atoms with E-state index >= 15 is 0 Å². The molecular weight excluding hydrogens is 204 g/mol. The lowest BCUT2D eigenvalue weighted by Gasteiger charge is -2.07. The van der Waals surface area contributed by atoms with Gasteiger partial charge in [0.15, 0.2) is 0 Å². The summed E-state index contributed by atoms with van der Waals surface area (Å²) in [4.78, 5) is 10.9. The van der Waals surface area contributed by atoms with Gasteiger partial charge in [-0.05, 0) is 0 Å². The van der Waals surface area contributed by atoms with Crippen LogP contribution in [-0.2, 0) is 15.3 Å². The maximum atomic E-state index is 10.9. The minimum absolute atomic E-state index is 0.393. The molecule has 0 aliphatic heterocycles. The number of hydrogen-bond donors (Lipinski definition) is 1. The third-order valence-electron chi connectivity index (χ3n) is 1.54. The summed E-state index contributed by atoms with van der Waals surface area (Å²) in [6.07, 6.45) is 1.58. The van der Waals surface area contributed by atoms with Gasteiger partial charge in [-0.3, -0.25) is 4.79 Å². The fourth-order valence-electron chi connectivity index (χ4n) is 0.822. The molecule has 0 saturated carbocycles. The third-order valence-corrected chi connectivity index (χ3v) is 2.62. The molecule has 0 amide bonds. The molecule has 1 atom stereocenters. The van der Waals surface area contributed by atoms with Crippen LogP contribution >= 0.6 is 11.8 Å². The maximum Gasteiger partial charge on any atom is 0.323 e. The zero-order valence-corrected chi connectivity index (χ0v) is 8.62. The number of nitrogens with zero attached hydrogens (tertiary/aromatic N) is 1. The molecule has 1 aromatic heterocycles. The van der Waals surface area contributed by atoms with Crippen molar-refractivity contribution in [3.05, 3.63) is 18.0 Å². The molecular formula is C8H12N2O3S. The van der Waals surface area contributed by atoms with Crippen molar-refractivity contribution in [3.8, 4) is 0 Å². The van der Waals surface area contributed by atoms with E-state index in [2.05, 4.69) is 9.89 Å². The van der Waals surface area contributed by atoms with E-state index in [4.69, 9.17) is 10.3 Å². The van der Waals surface area contributed by atoms with Crippen LogP contribution in [0.5, 0.6) is 0 Å². The van der Waals surface area contributed by atoms with Crippen LogP contribution in [0.25, 0.3) is 0 Å². The molecule has 0 aromatic carbocycles. The van der Waals surface area contributed by atoms with E-state index in [0.717, 1.165) is 5.76 Å². The SMILES string of the molecule is COC(=O)C(N)CSCc1ccno1. The van der Waals surface area contributed by atoms with Gasteiger partial charge in [0.1, 0.15) is 11.8 Å². The molecule has 1 rings (SSSR count). The lowest BCUT2D eigenvalue weighted by atomic mass is 10.4. The Morgan fingerprint density at radius 3 is 3.21 bits per heavy atom. The summed E-state index contributed by atoms with van der Waals surface area (Å²) in [6.45, 7) is 0. The Labute approximate surface area is 86.0 Å². The fraction of sp³-hybridized carbons (Fsp3) is 0.500. The summed E-state index contributed by atoms with van der Waals surface area (Å²) in [6, 6.07) is 1.20. The first-order valence-electron chi connectivity index (χ1n) is 4.04.